The quantitative estimate of drug-likeness (QED) is 0.864. The van der Waals surface area contributed by atoms with E-state index in [4.69, 9.17) is 0 Å². The van der Waals surface area contributed by atoms with Gasteiger partial charge in [0.1, 0.15) is 6.07 Å². The van der Waals surface area contributed by atoms with E-state index in [0.717, 1.165) is 24.2 Å². The molecule has 1 aromatic rings. The average molecular weight is 286 g/mol. The van der Waals surface area contributed by atoms with Crippen molar-refractivity contribution in [2.45, 2.75) is 58.6 Å². The Labute approximate surface area is 128 Å². The van der Waals surface area contributed by atoms with E-state index in [1.54, 1.807) is 0 Å². The number of benzene rings is 1. The van der Waals surface area contributed by atoms with Gasteiger partial charge in [0, 0.05) is 12.6 Å². The highest BCUT2D eigenvalue weighted by molar-refractivity contribution is 5.61. The van der Waals surface area contributed by atoms with Crippen molar-refractivity contribution >= 4 is 5.69 Å². The molecule has 1 aliphatic rings. The lowest BCUT2D eigenvalue weighted by atomic mass is 10.0. The first-order valence-corrected chi connectivity index (χ1v) is 8.06. The molecule has 0 aromatic heterocycles. The van der Waals surface area contributed by atoms with Gasteiger partial charge >= 0.3 is 0 Å². The molecule has 0 heterocycles. The van der Waals surface area contributed by atoms with Crippen LogP contribution in [-0.2, 0) is 6.61 Å². The van der Waals surface area contributed by atoms with Crippen LogP contribution in [0.15, 0.2) is 18.2 Å². The second-order valence-corrected chi connectivity index (χ2v) is 6.44. The molecule has 1 fully saturated rings. The van der Waals surface area contributed by atoms with Gasteiger partial charge in [-0.2, -0.15) is 5.26 Å². The van der Waals surface area contributed by atoms with Gasteiger partial charge in [0.25, 0.3) is 0 Å². The van der Waals surface area contributed by atoms with E-state index in [-0.39, 0.29) is 6.61 Å². The van der Waals surface area contributed by atoms with Crippen LogP contribution < -0.4 is 4.90 Å². The lowest BCUT2D eigenvalue weighted by Gasteiger charge is -2.32. The molecule has 3 nitrogen and oxygen atoms in total. The largest absolute Gasteiger partial charge is 0.392 e. The maximum Gasteiger partial charge on any atom is 0.101 e. The predicted octanol–water partition coefficient (Wildman–Crippen LogP) is 3.85. The molecule has 1 saturated carbocycles. The van der Waals surface area contributed by atoms with Crippen LogP contribution in [0.2, 0.25) is 0 Å². The van der Waals surface area contributed by atoms with Gasteiger partial charge in [-0.25, -0.2) is 0 Å². The fourth-order valence-corrected chi connectivity index (χ4v) is 3.13. The number of anilines is 1. The Morgan fingerprint density at radius 2 is 2.05 bits per heavy atom. The summed E-state index contributed by atoms with van der Waals surface area (Å²) in [6, 6.07) is 8.66. The van der Waals surface area contributed by atoms with Crippen LogP contribution in [0.5, 0.6) is 0 Å². The monoisotopic (exact) mass is 286 g/mol. The SMILES string of the molecule is CC(C)CCN(c1ccc(CO)cc1C#N)C1CCCC1. The molecule has 0 aliphatic heterocycles. The molecular formula is C18H26N2O. The fourth-order valence-electron chi connectivity index (χ4n) is 3.13. The van der Waals surface area contributed by atoms with E-state index in [1.165, 1.54) is 25.7 Å². The second-order valence-electron chi connectivity index (χ2n) is 6.44. The number of rotatable bonds is 6. The van der Waals surface area contributed by atoms with Crippen molar-refractivity contribution in [3.8, 4) is 6.07 Å². The van der Waals surface area contributed by atoms with Crippen molar-refractivity contribution < 1.29 is 5.11 Å². The first kappa shape index (κ1) is 15.9. The summed E-state index contributed by atoms with van der Waals surface area (Å²) < 4.78 is 0. The second kappa shape index (κ2) is 7.47. The van der Waals surface area contributed by atoms with Crippen molar-refractivity contribution in [1.29, 1.82) is 5.26 Å². The van der Waals surface area contributed by atoms with Gasteiger partial charge in [-0.1, -0.05) is 32.8 Å². The van der Waals surface area contributed by atoms with Crippen LogP contribution in [0, 0.1) is 17.2 Å². The number of hydrogen-bond donors (Lipinski definition) is 1. The summed E-state index contributed by atoms with van der Waals surface area (Å²) >= 11 is 0. The Kier molecular flexibility index (Phi) is 5.64. The van der Waals surface area contributed by atoms with E-state index in [1.807, 2.05) is 18.2 Å². The predicted molar refractivity (Wildman–Crippen MR) is 86.1 cm³/mol. The zero-order chi connectivity index (χ0) is 15.2. The van der Waals surface area contributed by atoms with Gasteiger partial charge < -0.3 is 10.0 Å². The van der Waals surface area contributed by atoms with Gasteiger partial charge in [0.2, 0.25) is 0 Å². The molecule has 0 saturated heterocycles. The van der Waals surface area contributed by atoms with Crippen LogP contribution >= 0.6 is 0 Å². The molecule has 0 amide bonds. The first-order valence-electron chi connectivity index (χ1n) is 8.06. The van der Waals surface area contributed by atoms with E-state index in [0.29, 0.717) is 17.5 Å². The van der Waals surface area contributed by atoms with Crippen LogP contribution in [0.25, 0.3) is 0 Å². The highest BCUT2D eigenvalue weighted by Crippen LogP contribution is 2.31. The summed E-state index contributed by atoms with van der Waals surface area (Å²) in [5.74, 6) is 0.663. The third-order valence-corrected chi connectivity index (χ3v) is 4.39. The molecule has 0 spiro atoms. The zero-order valence-corrected chi connectivity index (χ0v) is 13.2. The molecular weight excluding hydrogens is 260 g/mol. The number of nitriles is 1. The molecule has 1 aliphatic carbocycles. The van der Waals surface area contributed by atoms with Crippen molar-refractivity contribution in [3.05, 3.63) is 29.3 Å². The minimum absolute atomic E-state index is 0.00954. The molecule has 21 heavy (non-hydrogen) atoms. The molecule has 1 N–H and O–H groups in total. The van der Waals surface area contributed by atoms with Gasteiger partial charge in [0.05, 0.1) is 17.9 Å². The molecule has 3 heteroatoms. The summed E-state index contributed by atoms with van der Waals surface area (Å²) in [4.78, 5) is 2.44. The van der Waals surface area contributed by atoms with E-state index < -0.39 is 0 Å². The molecule has 0 bridgehead atoms. The molecule has 2 rings (SSSR count). The van der Waals surface area contributed by atoms with E-state index in [2.05, 4.69) is 24.8 Å². The Morgan fingerprint density at radius 3 is 2.62 bits per heavy atom. The van der Waals surface area contributed by atoms with E-state index in [9.17, 15) is 10.4 Å². The lowest BCUT2D eigenvalue weighted by Crippen LogP contribution is -2.35. The number of nitrogens with zero attached hydrogens (tertiary/aromatic N) is 2. The van der Waals surface area contributed by atoms with Crippen molar-refractivity contribution in [2.24, 2.45) is 5.92 Å². The Hall–Kier alpha value is -1.53. The zero-order valence-electron chi connectivity index (χ0n) is 13.2. The average Bonchev–Trinajstić information content (AvgIpc) is 3.01. The van der Waals surface area contributed by atoms with Gasteiger partial charge in [-0.15, -0.1) is 0 Å². The van der Waals surface area contributed by atoms with Crippen molar-refractivity contribution in [2.75, 3.05) is 11.4 Å². The summed E-state index contributed by atoms with van der Waals surface area (Å²) in [7, 11) is 0. The van der Waals surface area contributed by atoms with Crippen LogP contribution in [-0.4, -0.2) is 17.7 Å². The number of hydrogen-bond acceptors (Lipinski definition) is 3. The smallest absolute Gasteiger partial charge is 0.101 e. The Morgan fingerprint density at radius 1 is 1.33 bits per heavy atom. The molecule has 0 radical (unpaired) electrons. The van der Waals surface area contributed by atoms with Crippen LogP contribution in [0.3, 0.4) is 0 Å². The normalized spacial score (nSPS) is 15.4. The fraction of sp³-hybridized carbons (Fsp3) is 0.611. The lowest BCUT2D eigenvalue weighted by molar-refractivity contribution is 0.282. The van der Waals surface area contributed by atoms with Crippen molar-refractivity contribution in [3.63, 3.8) is 0 Å². The van der Waals surface area contributed by atoms with Crippen LogP contribution in [0.1, 0.15) is 57.1 Å². The number of aliphatic hydroxyl groups is 1. The molecule has 114 valence electrons. The van der Waals surface area contributed by atoms with Gasteiger partial charge in [0.15, 0.2) is 0 Å². The number of aliphatic hydroxyl groups excluding tert-OH is 1. The minimum atomic E-state index is -0.00954. The summed E-state index contributed by atoms with van der Waals surface area (Å²) in [6.07, 6.45) is 6.18. The third-order valence-electron chi connectivity index (χ3n) is 4.39. The summed E-state index contributed by atoms with van der Waals surface area (Å²) in [6.45, 7) is 5.49. The van der Waals surface area contributed by atoms with Crippen molar-refractivity contribution in [1.82, 2.24) is 0 Å². The molecule has 1 aromatic carbocycles. The van der Waals surface area contributed by atoms with Crippen LogP contribution in [0.4, 0.5) is 5.69 Å². The standard InChI is InChI=1S/C18H26N2O/c1-14(2)9-10-20(17-5-3-4-6-17)18-8-7-15(13-21)11-16(18)12-19/h7-8,11,14,17,21H,3-6,9-10,13H2,1-2H3. The Bertz CT molecular complexity index is 498. The van der Waals surface area contributed by atoms with Gasteiger partial charge in [-0.3, -0.25) is 0 Å². The minimum Gasteiger partial charge on any atom is -0.392 e. The summed E-state index contributed by atoms with van der Waals surface area (Å²) in [5, 5.41) is 18.7. The maximum atomic E-state index is 9.45. The molecule has 0 atom stereocenters. The maximum absolute atomic E-state index is 9.45. The van der Waals surface area contributed by atoms with E-state index >= 15 is 0 Å². The highest BCUT2D eigenvalue weighted by atomic mass is 16.3. The third kappa shape index (κ3) is 3.98. The van der Waals surface area contributed by atoms with Gasteiger partial charge in [-0.05, 0) is 42.9 Å². The summed E-state index contributed by atoms with van der Waals surface area (Å²) in [5.41, 5.74) is 2.55. The Balaban J connectivity index is 2.28. The first-order chi connectivity index (χ1) is 10.2. The highest BCUT2D eigenvalue weighted by Gasteiger charge is 2.24. The topological polar surface area (TPSA) is 47.3 Å². The molecule has 0 unspecified atom stereocenters.